The van der Waals surface area contributed by atoms with Crippen LogP contribution >= 0.6 is 0 Å². The van der Waals surface area contributed by atoms with Crippen molar-refractivity contribution in [1.29, 1.82) is 0 Å². The normalized spacial score (nSPS) is 19.2. The minimum atomic E-state index is -0.419. The summed E-state index contributed by atoms with van der Waals surface area (Å²) in [5, 5.41) is 2.74. The lowest BCUT2D eigenvalue weighted by Crippen LogP contribution is -2.52. The van der Waals surface area contributed by atoms with E-state index in [2.05, 4.69) is 5.32 Å². The third-order valence-corrected chi connectivity index (χ3v) is 3.24. The molecule has 104 valence electrons. The number of nitrogens with zero attached hydrogens (tertiary/aromatic N) is 1. The third kappa shape index (κ3) is 3.14. The molecule has 2 amide bonds. The standard InChI is InChI=1S/C13H19N3O3/c14-6-7-15-12(17)10-4-1-2-8-16(10)13(18)11-5-3-9-19-11/h3,5,9-10H,1-2,4,6-8,14H2,(H,15,17). The molecule has 19 heavy (non-hydrogen) atoms. The maximum absolute atomic E-state index is 12.3. The van der Waals surface area contributed by atoms with Gasteiger partial charge in [-0.2, -0.15) is 0 Å². The average molecular weight is 265 g/mol. The van der Waals surface area contributed by atoms with Gasteiger partial charge in [0.25, 0.3) is 5.91 Å². The fraction of sp³-hybridized carbons (Fsp3) is 0.538. The topological polar surface area (TPSA) is 88.6 Å². The van der Waals surface area contributed by atoms with Gasteiger partial charge in [0.2, 0.25) is 5.91 Å². The van der Waals surface area contributed by atoms with E-state index in [1.807, 2.05) is 0 Å². The van der Waals surface area contributed by atoms with Crippen molar-refractivity contribution in [2.75, 3.05) is 19.6 Å². The zero-order chi connectivity index (χ0) is 13.7. The number of nitrogens with two attached hydrogens (primary N) is 1. The molecule has 0 radical (unpaired) electrons. The molecule has 3 N–H and O–H groups in total. The summed E-state index contributed by atoms with van der Waals surface area (Å²) in [5.74, 6) is -0.0822. The fourth-order valence-corrected chi connectivity index (χ4v) is 2.30. The van der Waals surface area contributed by atoms with Gasteiger partial charge in [-0.05, 0) is 31.4 Å². The first-order chi connectivity index (χ1) is 9.24. The molecule has 0 saturated carbocycles. The van der Waals surface area contributed by atoms with Crippen LogP contribution in [0.15, 0.2) is 22.8 Å². The number of piperidine rings is 1. The minimum absolute atomic E-state index is 0.134. The molecule has 6 heteroatoms. The molecule has 6 nitrogen and oxygen atoms in total. The van der Waals surface area contributed by atoms with Gasteiger partial charge in [0, 0.05) is 19.6 Å². The van der Waals surface area contributed by atoms with E-state index >= 15 is 0 Å². The molecule has 1 aliphatic rings. The van der Waals surface area contributed by atoms with Crippen molar-refractivity contribution in [3.05, 3.63) is 24.2 Å². The lowest BCUT2D eigenvalue weighted by molar-refractivity contribution is -0.126. The van der Waals surface area contributed by atoms with Gasteiger partial charge in [-0.1, -0.05) is 0 Å². The van der Waals surface area contributed by atoms with Gasteiger partial charge in [0.05, 0.1) is 6.26 Å². The lowest BCUT2D eigenvalue weighted by atomic mass is 10.0. The summed E-state index contributed by atoms with van der Waals surface area (Å²) in [5.41, 5.74) is 5.37. The van der Waals surface area contributed by atoms with Crippen molar-refractivity contribution < 1.29 is 14.0 Å². The van der Waals surface area contributed by atoms with Crippen LogP contribution in [0.25, 0.3) is 0 Å². The van der Waals surface area contributed by atoms with Gasteiger partial charge in [-0.25, -0.2) is 0 Å². The summed E-state index contributed by atoms with van der Waals surface area (Å²) in [7, 11) is 0. The summed E-state index contributed by atoms with van der Waals surface area (Å²) in [6.45, 7) is 1.41. The number of nitrogens with one attached hydrogen (secondary N) is 1. The molecule has 0 spiro atoms. The summed E-state index contributed by atoms with van der Waals surface area (Å²) in [6, 6.07) is 2.87. The molecule has 0 aliphatic carbocycles. The number of amides is 2. The van der Waals surface area contributed by atoms with Crippen LogP contribution in [0.4, 0.5) is 0 Å². The fourth-order valence-electron chi connectivity index (χ4n) is 2.30. The molecule has 1 aliphatic heterocycles. The summed E-state index contributed by atoms with van der Waals surface area (Å²) in [6.07, 6.45) is 4.00. The number of carbonyl (C=O) groups excluding carboxylic acids is 2. The molecular formula is C13H19N3O3. The monoisotopic (exact) mass is 265 g/mol. The van der Waals surface area contributed by atoms with Crippen molar-refractivity contribution in [2.45, 2.75) is 25.3 Å². The Bertz CT molecular complexity index is 430. The molecule has 2 heterocycles. The maximum atomic E-state index is 12.3. The van der Waals surface area contributed by atoms with E-state index in [0.717, 1.165) is 12.8 Å². The lowest BCUT2D eigenvalue weighted by Gasteiger charge is -2.34. The van der Waals surface area contributed by atoms with Gasteiger partial charge in [-0.3, -0.25) is 9.59 Å². The zero-order valence-corrected chi connectivity index (χ0v) is 10.8. The Morgan fingerprint density at radius 2 is 2.32 bits per heavy atom. The molecule has 1 aromatic heterocycles. The van der Waals surface area contributed by atoms with Crippen LogP contribution in [-0.4, -0.2) is 42.4 Å². The predicted molar refractivity (Wildman–Crippen MR) is 69.4 cm³/mol. The summed E-state index contributed by atoms with van der Waals surface area (Å²) in [4.78, 5) is 25.9. The van der Waals surface area contributed by atoms with Crippen LogP contribution in [-0.2, 0) is 4.79 Å². The second-order valence-electron chi connectivity index (χ2n) is 4.57. The van der Waals surface area contributed by atoms with E-state index in [0.29, 0.717) is 26.1 Å². The highest BCUT2D eigenvalue weighted by Crippen LogP contribution is 2.20. The van der Waals surface area contributed by atoms with Crippen molar-refractivity contribution in [2.24, 2.45) is 5.73 Å². The van der Waals surface area contributed by atoms with E-state index in [1.54, 1.807) is 17.0 Å². The van der Waals surface area contributed by atoms with Crippen LogP contribution in [0, 0.1) is 0 Å². The van der Waals surface area contributed by atoms with Crippen LogP contribution in [0.3, 0.4) is 0 Å². The van der Waals surface area contributed by atoms with Gasteiger partial charge in [0.1, 0.15) is 6.04 Å². The number of hydrogen-bond acceptors (Lipinski definition) is 4. The SMILES string of the molecule is NCCNC(=O)C1CCCCN1C(=O)c1ccco1. The molecule has 1 saturated heterocycles. The Hall–Kier alpha value is -1.82. The summed E-state index contributed by atoms with van der Waals surface area (Å²) < 4.78 is 5.11. The Balaban J connectivity index is 2.07. The van der Waals surface area contributed by atoms with E-state index in [4.69, 9.17) is 10.2 Å². The van der Waals surface area contributed by atoms with Crippen LogP contribution in [0.2, 0.25) is 0 Å². The Morgan fingerprint density at radius 3 is 3.00 bits per heavy atom. The van der Waals surface area contributed by atoms with Crippen LogP contribution in [0.5, 0.6) is 0 Å². The predicted octanol–water partition coefficient (Wildman–Crippen LogP) is 0.349. The molecule has 0 aromatic carbocycles. The molecule has 1 unspecified atom stereocenters. The molecule has 1 aromatic rings. The maximum Gasteiger partial charge on any atom is 0.290 e. The average Bonchev–Trinajstić information content (AvgIpc) is 2.98. The number of furan rings is 1. The first-order valence-corrected chi connectivity index (χ1v) is 6.56. The van der Waals surface area contributed by atoms with Crippen molar-refractivity contribution in [3.63, 3.8) is 0 Å². The van der Waals surface area contributed by atoms with Crippen LogP contribution in [0.1, 0.15) is 29.8 Å². The van der Waals surface area contributed by atoms with Crippen molar-refractivity contribution >= 4 is 11.8 Å². The quantitative estimate of drug-likeness (QED) is 0.822. The molecule has 0 bridgehead atoms. The van der Waals surface area contributed by atoms with Gasteiger partial charge < -0.3 is 20.4 Å². The smallest absolute Gasteiger partial charge is 0.290 e. The van der Waals surface area contributed by atoms with E-state index < -0.39 is 6.04 Å². The minimum Gasteiger partial charge on any atom is -0.459 e. The highest BCUT2D eigenvalue weighted by atomic mass is 16.3. The number of rotatable bonds is 4. The molecule has 1 fully saturated rings. The Labute approximate surface area is 111 Å². The Morgan fingerprint density at radius 1 is 1.47 bits per heavy atom. The van der Waals surface area contributed by atoms with Gasteiger partial charge in [-0.15, -0.1) is 0 Å². The third-order valence-electron chi connectivity index (χ3n) is 3.24. The zero-order valence-electron chi connectivity index (χ0n) is 10.8. The van der Waals surface area contributed by atoms with Crippen LogP contribution < -0.4 is 11.1 Å². The second kappa shape index (κ2) is 6.38. The van der Waals surface area contributed by atoms with Gasteiger partial charge >= 0.3 is 0 Å². The number of likely N-dealkylation sites (tertiary alicyclic amines) is 1. The molecular weight excluding hydrogens is 246 g/mol. The largest absolute Gasteiger partial charge is 0.459 e. The summed E-state index contributed by atoms with van der Waals surface area (Å²) >= 11 is 0. The number of hydrogen-bond donors (Lipinski definition) is 2. The number of carbonyl (C=O) groups is 2. The van der Waals surface area contributed by atoms with Crippen molar-refractivity contribution in [1.82, 2.24) is 10.2 Å². The van der Waals surface area contributed by atoms with Gasteiger partial charge in [0.15, 0.2) is 5.76 Å². The van der Waals surface area contributed by atoms with E-state index in [1.165, 1.54) is 6.26 Å². The van der Waals surface area contributed by atoms with E-state index in [9.17, 15) is 9.59 Å². The highest BCUT2D eigenvalue weighted by molar-refractivity contribution is 5.95. The Kier molecular flexibility index (Phi) is 4.57. The first-order valence-electron chi connectivity index (χ1n) is 6.56. The van der Waals surface area contributed by atoms with E-state index in [-0.39, 0.29) is 17.6 Å². The highest BCUT2D eigenvalue weighted by Gasteiger charge is 2.33. The molecule has 2 rings (SSSR count). The second-order valence-corrected chi connectivity index (χ2v) is 4.57. The molecule has 1 atom stereocenters. The van der Waals surface area contributed by atoms with Crippen molar-refractivity contribution in [3.8, 4) is 0 Å². The first kappa shape index (κ1) is 13.6.